The third-order valence-corrected chi connectivity index (χ3v) is 1.53. The Bertz CT molecular complexity index is 326. The van der Waals surface area contributed by atoms with Gasteiger partial charge >= 0.3 is 0 Å². The number of nitrogens with one attached hydrogen (secondary N) is 2. The summed E-state index contributed by atoms with van der Waals surface area (Å²) in [5, 5.41) is 10.4. The minimum Gasteiger partial charge on any atom is -0.306 e. The van der Waals surface area contributed by atoms with Crippen molar-refractivity contribution in [3.05, 3.63) is 27.9 Å². The molecular weight excluding hydrogens is 172 g/mol. The Labute approximate surface area is 75.1 Å². The fourth-order valence-corrected chi connectivity index (χ4v) is 0.936. The van der Waals surface area contributed by atoms with Crippen LogP contribution in [-0.4, -0.2) is 17.0 Å². The Morgan fingerprint density at radius 3 is 2.77 bits per heavy atom. The van der Waals surface area contributed by atoms with Gasteiger partial charge in [0.2, 0.25) is 0 Å². The lowest BCUT2D eigenvalue weighted by atomic mass is 10.2. The summed E-state index contributed by atoms with van der Waals surface area (Å²) in [6.45, 7) is 1.67. The first-order chi connectivity index (χ1) is 6.15. The third-order valence-electron chi connectivity index (χ3n) is 1.53. The number of pyridine rings is 1. The van der Waals surface area contributed by atoms with Crippen LogP contribution >= 0.6 is 0 Å². The van der Waals surface area contributed by atoms with Gasteiger partial charge in [0.1, 0.15) is 12.0 Å². The third kappa shape index (κ3) is 2.12. The molecule has 0 aliphatic heterocycles. The Balaban J connectivity index is 2.98. The highest BCUT2D eigenvalue weighted by Crippen LogP contribution is 2.17. The molecule has 0 amide bonds. The maximum absolute atomic E-state index is 10.4. The van der Waals surface area contributed by atoms with Crippen molar-refractivity contribution in [3.8, 4) is 0 Å². The highest BCUT2D eigenvalue weighted by molar-refractivity contribution is 5.46. The van der Waals surface area contributed by atoms with Gasteiger partial charge in [0.15, 0.2) is 0 Å². The fourth-order valence-electron chi connectivity index (χ4n) is 0.936. The molecule has 0 saturated heterocycles. The van der Waals surface area contributed by atoms with Crippen LogP contribution in [0.15, 0.2) is 12.3 Å². The number of rotatable bonds is 3. The van der Waals surface area contributed by atoms with Gasteiger partial charge in [-0.2, -0.15) is 0 Å². The van der Waals surface area contributed by atoms with Crippen molar-refractivity contribution in [3.63, 3.8) is 0 Å². The summed E-state index contributed by atoms with van der Waals surface area (Å²) in [5.41, 5.74) is 6.02. The molecule has 6 heteroatoms. The van der Waals surface area contributed by atoms with E-state index in [-0.39, 0.29) is 5.69 Å². The van der Waals surface area contributed by atoms with Crippen LogP contribution in [0.5, 0.6) is 0 Å². The summed E-state index contributed by atoms with van der Waals surface area (Å²) in [5.74, 6) is 0.561. The van der Waals surface area contributed by atoms with Crippen LogP contribution in [0, 0.1) is 17.0 Å². The predicted molar refractivity (Wildman–Crippen MR) is 48.3 cm³/mol. The van der Waals surface area contributed by atoms with Gasteiger partial charge < -0.3 is 5.43 Å². The number of nitro groups is 1. The first-order valence-corrected chi connectivity index (χ1v) is 3.69. The number of hydrazine groups is 1. The first-order valence-electron chi connectivity index (χ1n) is 3.69. The second-order valence-electron chi connectivity index (χ2n) is 2.49. The van der Waals surface area contributed by atoms with Crippen molar-refractivity contribution >= 4 is 11.5 Å². The van der Waals surface area contributed by atoms with E-state index in [4.69, 9.17) is 0 Å². The molecule has 1 aromatic heterocycles. The number of aromatic nitrogens is 1. The average Bonchev–Trinajstić information content (AvgIpc) is 2.04. The van der Waals surface area contributed by atoms with E-state index >= 15 is 0 Å². The highest BCUT2D eigenvalue weighted by atomic mass is 16.6. The summed E-state index contributed by atoms with van der Waals surface area (Å²) in [7, 11) is 1.69. The lowest BCUT2D eigenvalue weighted by molar-refractivity contribution is -0.385. The number of hydrogen-bond acceptors (Lipinski definition) is 5. The van der Waals surface area contributed by atoms with Gasteiger partial charge in [-0.3, -0.25) is 10.1 Å². The van der Waals surface area contributed by atoms with Crippen molar-refractivity contribution in [1.82, 2.24) is 10.4 Å². The average molecular weight is 182 g/mol. The van der Waals surface area contributed by atoms with Gasteiger partial charge in [-0.05, 0) is 13.0 Å². The quantitative estimate of drug-likeness (QED) is 0.535. The van der Waals surface area contributed by atoms with E-state index in [0.717, 1.165) is 0 Å². The number of aryl methyl sites for hydroxylation is 1. The van der Waals surface area contributed by atoms with Crippen molar-refractivity contribution in [2.75, 3.05) is 12.5 Å². The van der Waals surface area contributed by atoms with Gasteiger partial charge in [-0.25, -0.2) is 10.4 Å². The monoisotopic (exact) mass is 182 g/mol. The molecule has 0 fully saturated rings. The molecule has 0 unspecified atom stereocenters. The van der Waals surface area contributed by atoms with E-state index in [1.807, 2.05) is 0 Å². The molecule has 0 aliphatic carbocycles. The zero-order valence-corrected chi connectivity index (χ0v) is 7.37. The van der Waals surface area contributed by atoms with E-state index < -0.39 is 4.92 Å². The van der Waals surface area contributed by atoms with E-state index in [0.29, 0.717) is 11.4 Å². The summed E-state index contributed by atoms with van der Waals surface area (Å²) < 4.78 is 0. The minimum absolute atomic E-state index is 0.0293. The molecule has 1 heterocycles. The van der Waals surface area contributed by atoms with Crippen molar-refractivity contribution < 1.29 is 4.92 Å². The smallest absolute Gasteiger partial charge is 0.290 e. The van der Waals surface area contributed by atoms with Crippen molar-refractivity contribution in [2.24, 2.45) is 0 Å². The maximum atomic E-state index is 10.4. The lowest BCUT2D eigenvalue weighted by Gasteiger charge is -2.03. The van der Waals surface area contributed by atoms with Gasteiger partial charge in [0, 0.05) is 12.6 Å². The Morgan fingerprint density at radius 2 is 2.31 bits per heavy atom. The zero-order valence-electron chi connectivity index (χ0n) is 7.37. The maximum Gasteiger partial charge on any atom is 0.290 e. The predicted octanol–water partition coefficient (Wildman–Crippen LogP) is 0.845. The molecule has 0 saturated carbocycles. The topological polar surface area (TPSA) is 80.1 Å². The minimum atomic E-state index is -0.453. The number of hydrogen-bond donors (Lipinski definition) is 2. The van der Waals surface area contributed by atoms with Crippen molar-refractivity contribution in [1.29, 1.82) is 0 Å². The number of nitrogens with zero attached hydrogens (tertiary/aromatic N) is 2. The summed E-state index contributed by atoms with van der Waals surface area (Å²) in [4.78, 5) is 13.8. The molecule has 0 bridgehead atoms. The van der Waals surface area contributed by atoms with E-state index in [1.54, 1.807) is 20.0 Å². The molecule has 6 nitrogen and oxygen atoms in total. The Kier molecular flexibility index (Phi) is 2.76. The van der Waals surface area contributed by atoms with Gasteiger partial charge in [0.25, 0.3) is 5.69 Å². The summed E-state index contributed by atoms with van der Waals surface area (Å²) >= 11 is 0. The van der Waals surface area contributed by atoms with Crippen LogP contribution in [0.3, 0.4) is 0 Å². The fraction of sp³-hybridized carbons (Fsp3) is 0.286. The van der Waals surface area contributed by atoms with E-state index in [9.17, 15) is 10.1 Å². The second kappa shape index (κ2) is 3.81. The van der Waals surface area contributed by atoms with Gasteiger partial charge in [0.05, 0.1) is 4.92 Å². The van der Waals surface area contributed by atoms with Crippen LogP contribution in [0.2, 0.25) is 0 Å². The lowest BCUT2D eigenvalue weighted by Crippen LogP contribution is -2.16. The molecule has 13 heavy (non-hydrogen) atoms. The van der Waals surface area contributed by atoms with Gasteiger partial charge in [-0.15, -0.1) is 0 Å². The van der Waals surface area contributed by atoms with E-state index in [1.165, 1.54) is 6.20 Å². The first kappa shape index (κ1) is 9.40. The summed E-state index contributed by atoms with van der Waals surface area (Å²) in [6.07, 6.45) is 1.23. The van der Waals surface area contributed by atoms with Crippen molar-refractivity contribution in [2.45, 2.75) is 6.92 Å². The summed E-state index contributed by atoms with van der Waals surface area (Å²) in [6, 6.07) is 1.61. The molecule has 0 aromatic carbocycles. The second-order valence-corrected chi connectivity index (χ2v) is 2.49. The van der Waals surface area contributed by atoms with Crippen LogP contribution < -0.4 is 10.9 Å². The number of anilines is 1. The largest absolute Gasteiger partial charge is 0.306 e. The molecule has 0 aliphatic rings. The van der Waals surface area contributed by atoms with Crippen LogP contribution in [0.4, 0.5) is 11.5 Å². The standard InChI is InChI=1S/C7H10N4O2/c1-5-3-7(10-8-2)9-4-6(5)11(12)13/h3-4,8H,1-2H3,(H,9,10). The highest BCUT2D eigenvalue weighted by Gasteiger charge is 2.10. The SMILES string of the molecule is CNNc1cc(C)c([N+](=O)[O-])cn1. The molecule has 70 valence electrons. The molecule has 0 spiro atoms. The van der Waals surface area contributed by atoms with E-state index in [2.05, 4.69) is 15.8 Å². The normalized spacial score (nSPS) is 9.69. The zero-order chi connectivity index (χ0) is 9.84. The molecular formula is C7H10N4O2. The molecule has 0 atom stereocenters. The van der Waals surface area contributed by atoms with Gasteiger partial charge in [-0.1, -0.05) is 0 Å². The molecule has 2 N–H and O–H groups in total. The van der Waals surface area contributed by atoms with Crippen LogP contribution in [0.25, 0.3) is 0 Å². The molecule has 1 rings (SSSR count). The Morgan fingerprint density at radius 1 is 1.62 bits per heavy atom. The van der Waals surface area contributed by atoms with Crippen LogP contribution in [-0.2, 0) is 0 Å². The molecule has 1 aromatic rings. The Hall–Kier alpha value is -1.69. The molecule has 0 radical (unpaired) electrons. The van der Waals surface area contributed by atoms with Crippen LogP contribution in [0.1, 0.15) is 5.56 Å².